The number of fused-ring (bicyclic) bond motifs is 1. The number of nitrogens with two attached hydrogens (primary N) is 1. The third-order valence-corrected chi connectivity index (χ3v) is 6.34. The lowest BCUT2D eigenvalue weighted by atomic mass is 9.87. The number of aromatic nitrogens is 3. The van der Waals surface area contributed by atoms with Gasteiger partial charge in [0.25, 0.3) is 0 Å². The van der Waals surface area contributed by atoms with Gasteiger partial charge in [-0.2, -0.15) is 0 Å². The van der Waals surface area contributed by atoms with Crippen molar-refractivity contribution in [1.29, 1.82) is 0 Å². The zero-order valence-corrected chi connectivity index (χ0v) is 20.5. The predicted molar refractivity (Wildman–Crippen MR) is 131 cm³/mol. The van der Waals surface area contributed by atoms with Gasteiger partial charge in [-0.25, -0.2) is 4.68 Å². The van der Waals surface area contributed by atoms with Crippen molar-refractivity contribution in [2.24, 2.45) is 0 Å². The van der Waals surface area contributed by atoms with Crippen molar-refractivity contribution in [2.45, 2.75) is 50.1 Å². The molecular formula is C24H29N5O4S. The maximum absolute atomic E-state index is 12.7. The Bertz CT molecular complexity index is 1160. The molecule has 0 spiro atoms. The fraction of sp³-hybridized carbons (Fsp3) is 0.375. The number of thioether (sulfide) groups is 1. The van der Waals surface area contributed by atoms with Crippen molar-refractivity contribution >= 4 is 23.4 Å². The summed E-state index contributed by atoms with van der Waals surface area (Å²) in [5, 5.41) is 11.1. The maximum Gasteiger partial charge on any atom is 0.237 e. The quantitative estimate of drug-likeness (QED) is 0.386. The number of carbonyl (C=O) groups is 1. The van der Waals surface area contributed by atoms with Gasteiger partial charge in [0.15, 0.2) is 17.3 Å². The minimum Gasteiger partial charge on any atom is -0.486 e. The smallest absolute Gasteiger partial charge is 0.237 e. The van der Waals surface area contributed by atoms with Gasteiger partial charge in [-0.1, -0.05) is 44.7 Å². The zero-order chi connectivity index (χ0) is 24.3. The molecule has 3 N–H and O–H groups in total. The minimum atomic E-state index is -0.460. The summed E-state index contributed by atoms with van der Waals surface area (Å²) in [6.07, 6.45) is 0. The monoisotopic (exact) mass is 483 g/mol. The molecule has 1 aliphatic heterocycles. The lowest BCUT2D eigenvalue weighted by Gasteiger charge is -2.19. The Balaban J connectivity index is 1.33. The van der Waals surface area contributed by atoms with E-state index in [0.717, 1.165) is 5.75 Å². The number of amides is 1. The normalized spacial score (nSPS) is 13.9. The number of hydrogen-bond donors (Lipinski definition) is 2. The lowest BCUT2D eigenvalue weighted by molar-refractivity contribution is -0.115. The third-order valence-electron chi connectivity index (χ3n) is 5.28. The Morgan fingerprint density at radius 3 is 2.56 bits per heavy atom. The molecule has 0 radical (unpaired) electrons. The molecule has 2 aromatic carbocycles. The number of nitrogen functional groups attached to an aromatic ring is 1. The van der Waals surface area contributed by atoms with Gasteiger partial charge in [-0.3, -0.25) is 4.79 Å². The van der Waals surface area contributed by atoms with Crippen LogP contribution in [-0.4, -0.2) is 39.2 Å². The fourth-order valence-corrected chi connectivity index (χ4v) is 4.05. The Morgan fingerprint density at radius 1 is 1.15 bits per heavy atom. The van der Waals surface area contributed by atoms with Gasteiger partial charge in [0, 0.05) is 11.8 Å². The lowest BCUT2D eigenvalue weighted by Crippen LogP contribution is -2.24. The number of carbonyl (C=O) groups excluding carboxylic acids is 1. The summed E-state index contributed by atoms with van der Waals surface area (Å²) in [5.41, 5.74) is 1.93. The molecule has 0 fully saturated rings. The third kappa shape index (κ3) is 5.56. The van der Waals surface area contributed by atoms with Crippen molar-refractivity contribution in [3.05, 3.63) is 53.9 Å². The molecular weight excluding hydrogens is 454 g/mol. The molecule has 34 heavy (non-hydrogen) atoms. The summed E-state index contributed by atoms with van der Waals surface area (Å²) >= 11 is 1.21. The number of nitrogens with one attached hydrogen (secondary N) is 1. The van der Waals surface area contributed by atoms with Crippen molar-refractivity contribution in [3.8, 4) is 17.2 Å². The van der Waals surface area contributed by atoms with E-state index in [4.69, 9.17) is 20.1 Å². The molecule has 180 valence electrons. The molecule has 9 nitrogen and oxygen atoms in total. The predicted octanol–water partition coefficient (Wildman–Crippen LogP) is 3.76. The second-order valence-electron chi connectivity index (χ2n) is 8.94. The first-order chi connectivity index (χ1) is 16.2. The molecule has 0 saturated carbocycles. The number of hydrogen-bond acceptors (Lipinski definition) is 8. The first-order valence-electron chi connectivity index (χ1n) is 11.0. The summed E-state index contributed by atoms with van der Waals surface area (Å²) in [6, 6.07) is 13.3. The number of anilines is 1. The Morgan fingerprint density at radius 2 is 1.85 bits per heavy atom. The van der Waals surface area contributed by atoms with E-state index in [2.05, 4.69) is 36.3 Å². The van der Waals surface area contributed by atoms with Crippen LogP contribution < -0.4 is 25.4 Å². The molecule has 1 atom stereocenters. The summed E-state index contributed by atoms with van der Waals surface area (Å²) in [7, 11) is 0. The molecule has 1 amide bonds. The van der Waals surface area contributed by atoms with Gasteiger partial charge >= 0.3 is 0 Å². The van der Waals surface area contributed by atoms with E-state index in [1.165, 1.54) is 22.0 Å². The highest BCUT2D eigenvalue weighted by Gasteiger charge is 2.21. The van der Waals surface area contributed by atoms with E-state index in [1.54, 1.807) is 25.1 Å². The van der Waals surface area contributed by atoms with Gasteiger partial charge in [0.1, 0.15) is 25.6 Å². The van der Waals surface area contributed by atoms with E-state index >= 15 is 0 Å². The van der Waals surface area contributed by atoms with Crippen molar-refractivity contribution in [3.63, 3.8) is 0 Å². The molecule has 4 rings (SSSR count). The molecule has 1 aromatic heterocycles. The molecule has 0 saturated heterocycles. The van der Waals surface area contributed by atoms with Crippen molar-refractivity contribution in [1.82, 2.24) is 14.9 Å². The van der Waals surface area contributed by atoms with Crippen molar-refractivity contribution in [2.75, 3.05) is 24.4 Å². The highest BCUT2D eigenvalue weighted by molar-refractivity contribution is 8.00. The van der Waals surface area contributed by atoms with Gasteiger partial charge < -0.3 is 25.4 Å². The first kappa shape index (κ1) is 23.7. The standard InChI is InChI=1S/C24H29N5O4S/c1-15(22(30)26-17-7-10-19-20(13-17)32-12-11-31-19)34-23-28-27-21(29(23)25)14-33-18-8-5-16(6-9-18)24(2,3)4/h5-10,13,15H,11-12,14,25H2,1-4H3,(H,26,30). The van der Waals surface area contributed by atoms with E-state index in [0.29, 0.717) is 41.4 Å². The van der Waals surface area contributed by atoms with Crippen LogP contribution >= 0.6 is 11.8 Å². The van der Waals surface area contributed by atoms with E-state index in [1.807, 2.05) is 24.3 Å². The van der Waals surface area contributed by atoms with Crippen LogP contribution in [0.2, 0.25) is 0 Å². The fourth-order valence-electron chi connectivity index (χ4n) is 3.26. The van der Waals surface area contributed by atoms with Crippen LogP contribution in [-0.2, 0) is 16.8 Å². The van der Waals surface area contributed by atoms with Crippen LogP contribution in [0.1, 0.15) is 39.1 Å². The Kier molecular flexibility index (Phi) is 6.87. The van der Waals surface area contributed by atoms with Crippen LogP contribution in [0.3, 0.4) is 0 Å². The second-order valence-corrected chi connectivity index (χ2v) is 10.2. The molecule has 0 bridgehead atoms. The number of benzene rings is 2. The maximum atomic E-state index is 12.7. The number of rotatable bonds is 7. The summed E-state index contributed by atoms with van der Waals surface area (Å²) in [5.74, 6) is 8.43. The van der Waals surface area contributed by atoms with Gasteiger partial charge in [-0.05, 0) is 42.2 Å². The van der Waals surface area contributed by atoms with Crippen LogP contribution in [0.25, 0.3) is 0 Å². The number of nitrogens with zero attached hydrogens (tertiary/aromatic N) is 3. The van der Waals surface area contributed by atoms with Gasteiger partial charge in [0.05, 0.1) is 5.25 Å². The molecule has 1 aliphatic rings. The first-order valence-corrected chi connectivity index (χ1v) is 11.9. The Hall–Kier alpha value is -3.40. The molecule has 1 unspecified atom stereocenters. The van der Waals surface area contributed by atoms with Gasteiger partial charge in [-0.15, -0.1) is 10.2 Å². The molecule has 10 heteroatoms. The highest BCUT2D eigenvalue weighted by atomic mass is 32.2. The summed E-state index contributed by atoms with van der Waals surface area (Å²) in [4.78, 5) is 12.7. The van der Waals surface area contributed by atoms with Crippen molar-refractivity contribution < 1.29 is 19.0 Å². The van der Waals surface area contributed by atoms with E-state index in [-0.39, 0.29) is 17.9 Å². The largest absolute Gasteiger partial charge is 0.486 e. The Labute approximate surface area is 203 Å². The van der Waals surface area contributed by atoms with Gasteiger partial charge in [0.2, 0.25) is 11.1 Å². The van der Waals surface area contributed by atoms with Crippen LogP contribution in [0.15, 0.2) is 47.6 Å². The molecule has 3 aromatic rings. The summed E-state index contributed by atoms with van der Waals surface area (Å²) in [6.45, 7) is 9.43. The highest BCUT2D eigenvalue weighted by Crippen LogP contribution is 2.33. The van der Waals surface area contributed by atoms with Crippen LogP contribution in [0.4, 0.5) is 5.69 Å². The van der Waals surface area contributed by atoms with E-state index < -0.39 is 5.25 Å². The average Bonchev–Trinajstić information content (AvgIpc) is 3.16. The van der Waals surface area contributed by atoms with Crippen LogP contribution in [0.5, 0.6) is 17.2 Å². The number of ether oxygens (including phenoxy) is 3. The second kappa shape index (κ2) is 9.84. The topological polar surface area (TPSA) is 114 Å². The average molecular weight is 484 g/mol. The van der Waals surface area contributed by atoms with E-state index in [9.17, 15) is 4.79 Å². The molecule has 0 aliphatic carbocycles. The SMILES string of the molecule is CC(Sc1nnc(COc2ccc(C(C)(C)C)cc2)n1N)C(=O)Nc1ccc2c(c1)OCCO2. The molecule has 2 heterocycles. The summed E-state index contributed by atoms with van der Waals surface area (Å²) < 4.78 is 18.2. The van der Waals surface area contributed by atoms with Crippen LogP contribution in [0, 0.1) is 0 Å². The zero-order valence-electron chi connectivity index (χ0n) is 19.7. The minimum absolute atomic E-state index is 0.0766.